The van der Waals surface area contributed by atoms with Gasteiger partial charge in [-0.05, 0) is 6.92 Å². The van der Waals surface area contributed by atoms with Crippen molar-refractivity contribution in [2.45, 2.75) is 68.3 Å². The van der Waals surface area contributed by atoms with Crippen LogP contribution in [0.1, 0.15) is 6.92 Å². The highest BCUT2D eigenvalue weighted by atomic mass is 16.7. The number of rotatable bonds is 3. The minimum atomic E-state index is -1.70. The van der Waals surface area contributed by atoms with Gasteiger partial charge < -0.3 is 50.0 Å². The van der Waals surface area contributed by atoms with E-state index in [-0.39, 0.29) is 0 Å². The lowest BCUT2D eigenvalue weighted by atomic mass is 9.97. The Morgan fingerprint density at radius 1 is 0.818 bits per heavy atom. The van der Waals surface area contributed by atoms with Gasteiger partial charge >= 0.3 is 0 Å². The molecular weight excluding hydrogens is 304 g/mol. The number of aliphatic hydroxyl groups is 7. The van der Waals surface area contributed by atoms with Crippen LogP contribution in [0.2, 0.25) is 0 Å². The maximum Gasteiger partial charge on any atom is 0.187 e. The van der Waals surface area contributed by atoms with Crippen molar-refractivity contribution >= 4 is 0 Å². The molecular formula is C12H22O10. The van der Waals surface area contributed by atoms with Gasteiger partial charge in [0.15, 0.2) is 12.6 Å². The Labute approximate surface area is 126 Å². The number of hydrogen-bond donors (Lipinski definition) is 7. The van der Waals surface area contributed by atoms with Crippen molar-refractivity contribution < 1.29 is 50.0 Å². The topological polar surface area (TPSA) is 169 Å². The van der Waals surface area contributed by atoms with Crippen LogP contribution < -0.4 is 0 Å². The quantitative estimate of drug-likeness (QED) is 0.269. The zero-order chi connectivity index (χ0) is 16.6. The summed E-state index contributed by atoms with van der Waals surface area (Å²) in [5.41, 5.74) is 0. The molecule has 2 heterocycles. The molecule has 0 amide bonds. The smallest absolute Gasteiger partial charge is 0.187 e. The Morgan fingerprint density at radius 2 is 1.45 bits per heavy atom. The largest absolute Gasteiger partial charge is 0.394 e. The van der Waals surface area contributed by atoms with Crippen LogP contribution in [-0.4, -0.2) is 104 Å². The predicted octanol–water partition coefficient (Wildman–Crippen LogP) is -4.37. The molecule has 0 saturated carbocycles. The summed E-state index contributed by atoms with van der Waals surface area (Å²) >= 11 is 0. The molecule has 22 heavy (non-hydrogen) atoms. The Bertz CT molecular complexity index is 366. The Balaban J connectivity index is 2.10. The van der Waals surface area contributed by atoms with Crippen LogP contribution in [0, 0.1) is 0 Å². The SMILES string of the molecule is C[C@@H]1O[C@@H](O[C@@H]2[C@H](O)[C@@H](O)C(O)O[C@@H]2CO)[C@H](O)[C@H](O)[C@H]1O. The molecule has 0 bridgehead atoms. The van der Waals surface area contributed by atoms with E-state index < -0.39 is 68.0 Å². The molecule has 2 rings (SSSR count). The maximum absolute atomic E-state index is 9.93. The van der Waals surface area contributed by atoms with Crippen molar-refractivity contribution in [1.29, 1.82) is 0 Å². The summed E-state index contributed by atoms with van der Waals surface area (Å²) in [6.45, 7) is 0.821. The summed E-state index contributed by atoms with van der Waals surface area (Å²) in [4.78, 5) is 0. The first-order valence-corrected chi connectivity index (χ1v) is 6.93. The minimum Gasteiger partial charge on any atom is -0.394 e. The monoisotopic (exact) mass is 326 g/mol. The van der Waals surface area contributed by atoms with E-state index in [1.165, 1.54) is 6.92 Å². The Hall–Kier alpha value is -0.400. The zero-order valence-electron chi connectivity index (χ0n) is 11.8. The molecule has 7 N–H and O–H groups in total. The molecule has 0 radical (unpaired) electrons. The fraction of sp³-hybridized carbons (Fsp3) is 1.00. The molecule has 2 aliphatic rings. The van der Waals surface area contributed by atoms with Crippen molar-refractivity contribution in [2.75, 3.05) is 6.61 Å². The van der Waals surface area contributed by atoms with E-state index in [1.807, 2.05) is 0 Å². The molecule has 130 valence electrons. The molecule has 1 unspecified atom stereocenters. The lowest BCUT2D eigenvalue weighted by Crippen LogP contribution is -2.63. The molecule has 2 fully saturated rings. The van der Waals surface area contributed by atoms with E-state index >= 15 is 0 Å². The fourth-order valence-electron chi connectivity index (χ4n) is 2.52. The molecule has 0 aromatic rings. The van der Waals surface area contributed by atoms with Crippen LogP contribution in [0.3, 0.4) is 0 Å². The van der Waals surface area contributed by atoms with Gasteiger partial charge in [0.05, 0.1) is 12.7 Å². The van der Waals surface area contributed by atoms with Crippen LogP contribution in [0.25, 0.3) is 0 Å². The van der Waals surface area contributed by atoms with E-state index in [0.717, 1.165) is 0 Å². The third kappa shape index (κ3) is 3.26. The van der Waals surface area contributed by atoms with Gasteiger partial charge in [0.25, 0.3) is 0 Å². The van der Waals surface area contributed by atoms with Gasteiger partial charge in [0, 0.05) is 0 Å². The van der Waals surface area contributed by atoms with Gasteiger partial charge in [-0.25, -0.2) is 0 Å². The number of aliphatic hydroxyl groups excluding tert-OH is 7. The predicted molar refractivity (Wildman–Crippen MR) is 67.2 cm³/mol. The second-order valence-electron chi connectivity index (χ2n) is 5.51. The molecule has 10 nitrogen and oxygen atoms in total. The molecule has 0 aliphatic carbocycles. The van der Waals surface area contributed by atoms with Crippen LogP contribution >= 0.6 is 0 Å². The molecule has 0 aromatic heterocycles. The van der Waals surface area contributed by atoms with E-state index in [4.69, 9.17) is 14.2 Å². The molecule has 10 heteroatoms. The van der Waals surface area contributed by atoms with Gasteiger partial charge in [-0.3, -0.25) is 0 Å². The Morgan fingerprint density at radius 3 is 2.05 bits per heavy atom. The average Bonchev–Trinajstić information content (AvgIpc) is 2.50. The normalized spacial score (nSPS) is 53.5. The number of ether oxygens (including phenoxy) is 3. The summed E-state index contributed by atoms with van der Waals surface area (Å²) < 4.78 is 15.4. The van der Waals surface area contributed by atoms with Crippen molar-refractivity contribution in [3.8, 4) is 0 Å². The van der Waals surface area contributed by atoms with Crippen LogP contribution in [0.5, 0.6) is 0 Å². The zero-order valence-corrected chi connectivity index (χ0v) is 11.8. The molecule has 0 spiro atoms. The van der Waals surface area contributed by atoms with Gasteiger partial charge in [0.1, 0.15) is 42.7 Å². The van der Waals surface area contributed by atoms with Gasteiger partial charge in [-0.2, -0.15) is 0 Å². The second-order valence-corrected chi connectivity index (χ2v) is 5.51. The maximum atomic E-state index is 9.93. The summed E-state index contributed by atoms with van der Waals surface area (Å²) in [5.74, 6) is 0. The number of hydrogen-bond acceptors (Lipinski definition) is 10. The first-order chi connectivity index (χ1) is 10.3. The van der Waals surface area contributed by atoms with E-state index in [9.17, 15) is 35.7 Å². The standard InChI is InChI=1S/C12H22O10/c1-3-5(14)6(15)9(18)12(20-3)22-10-4(2-13)21-11(19)8(17)7(10)16/h3-19H,2H2,1H3/t3-,4+,5-,6+,7+,8+,9+,10-,11?,12-/m0/s1. The summed E-state index contributed by atoms with van der Waals surface area (Å²) in [6, 6.07) is 0. The molecule has 2 saturated heterocycles. The van der Waals surface area contributed by atoms with Gasteiger partial charge in [-0.15, -0.1) is 0 Å². The lowest BCUT2D eigenvalue weighted by molar-refractivity contribution is -0.352. The summed E-state index contributed by atoms with van der Waals surface area (Å²) in [5, 5.41) is 67.3. The first-order valence-electron chi connectivity index (χ1n) is 6.93. The highest BCUT2D eigenvalue weighted by Gasteiger charge is 2.49. The molecule has 0 aromatic carbocycles. The van der Waals surface area contributed by atoms with Gasteiger partial charge in [-0.1, -0.05) is 0 Å². The van der Waals surface area contributed by atoms with Crippen molar-refractivity contribution in [3.63, 3.8) is 0 Å². The highest BCUT2D eigenvalue weighted by Crippen LogP contribution is 2.28. The lowest BCUT2D eigenvalue weighted by Gasteiger charge is -2.44. The van der Waals surface area contributed by atoms with Crippen LogP contribution in [0.4, 0.5) is 0 Å². The average molecular weight is 326 g/mol. The van der Waals surface area contributed by atoms with E-state index in [1.54, 1.807) is 0 Å². The highest BCUT2D eigenvalue weighted by molar-refractivity contribution is 4.93. The molecule has 2 aliphatic heterocycles. The minimum absolute atomic E-state index is 0.630. The third-order valence-electron chi connectivity index (χ3n) is 3.94. The Kier molecular flexibility index (Phi) is 5.72. The van der Waals surface area contributed by atoms with Crippen molar-refractivity contribution in [2.24, 2.45) is 0 Å². The van der Waals surface area contributed by atoms with Crippen LogP contribution in [-0.2, 0) is 14.2 Å². The van der Waals surface area contributed by atoms with Gasteiger partial charge in [0.2, 0.25) is 0 Å². The third-order valence-corrected chi connectivity index (χ3v) is 3.94. The fourth-order valence-corrected chi connectivity index (χ4v) is 2.52. The second kappa shape index (κ2) is 7.01. The summed E-state index contributed by atoms with van der Waals surface area (Å²) in [7, 11) is 0. The molecule has 10 atom stereocenters. The summed E-state index contributed by atoms with van der Waals surface area (Å²) in [6.07, 6.45) is -14.2. The van der Waals surface area contributed by atoms with E-state index in [0.29, 0.717) is 0 Å². The first kappa shape index (κ1) is 17.9. The van der Waals surface area contributed by atoms with Crippen molar-refractivity contribution in [1.82, 2.24) is 0 Å². The van der Waals surface area contributed by atoms with Crippen LogP contribution in [0.15, 0.2) is 0 Å². The van der Waals surface area contributed by atoms with Crippen molar-refractivity contribution in [3.05, 3.63) is 0 Å². The van der Waals surface area contributed by atoms with E-state index in [2.05, 4.69) is 0 Å².